The molecular weight excluding hydrogens is 410 g/mol. The number of anilines is 1. The second-order valence-electron chi connectivity index (χ2n) is 7.58. The average Bonchev–Trinajstić information content (AvgIpc) is 2.90. The molecule has 0 bridgehead atoms. The van der Waals surface area contributed by atoms with Gasteiger partial charge in [-0.1, -0.05) is 24.3 Å². The van der Waals surface area contributed by atoms with E-state index in [-0.39, 0.29) is 42.7 Å². The molecule has 4 rings (SSSR count). The summed E-state index contributed by atoms with van der Waals surface area (Å²) in [7, 11) is 0. The van der Waals surface area contributed by atoms with E-state index in [1.807, 2.05) is 6.07 Å². The van der Waals surface area contributed by atoms with E-state index in [4.69, 9.17) is 0 Å². The van der Waals surface area contributed by atoms with E-state index in [0.29, 0.717) is 40.8 Å². The van der Waals surface area contributed by atoms with Crippen LogP contribution in [0, 0.1) is 0 Å². The molecule has 0 saturated carbocycles. The first kappa shape index (κ1) is 21.2. The Bertz CT molecular complexity index is 1240. The molecule has 0 spiro atoms. The zero-order valence-electron chi connectivity index (χ0n) is 17.3. The van der Waals surface area contributed by atoms with E-state index >= 15 is 0 Å². The number of H-pyrrole nitrogens is 1. The second-order valence-corrected chi connectivity index (χ2v) is 7.58. The van der Waals surface area contributed by atoms with Crippen LogP contribution in [-0.2, 0) is 16.0 Å². The largest absolute Gasteiger partial charge is 0.356 e. The molecule has 0 fully saturated rings. The van der Waals surface area contributed by atoms with Crippen LogP contribution in [0.5, 0.6) is 0 Å². The number of amides is 3. The lowest BCUT2D eigenvalue weighted by atomic mass is 10.1. The fourth-order valence-corrected chi connectivity index (χ4v) is 3.63. The van der Waals surface area contributed by atoms with Crippen LogP contribution in [0.4, 0.5) is 5.69 Å². The third kappa shape index (κ3) is 4.83. The number of hydrogen-bond acceptors (Lipinski definition) is 5. The molecule has 9 nitrogen and oxygen atoms in total. The van der Waals surface area contributed by atoms with Gasteiger partial charge in [-0.15, -0.1) is 0 Å². The van der Waals surface area contributed by atoms with Crippen LogP contribution in [0.3, 0.4) is 0 Å². The highest BCUT2D eigenvalue weighted by atomic mass is 16.2. The number of nitrogens with zero attached hydrogens (tertiary/aromatic N) is 1. The lowest BCUT2D eigenvalue weighted by Gasteiger charge is -2.14. The van der Waals surface area contributed by atoms with Crippen LogP contribution in [-0.4, -0.2) is 40.3 Å². The standard InChI is InChI=1S/C23H23N5O4/c29-20(11-5-10-19-25-16-8-3-1-6-14(16)22(31)28-19)24-13-12-18-23(32)26-17-9-4-2-7-15(17)21(30)27-18/h1-4,6-9,18H,5,10-13H2,(H,24,29)(H,26,32)(H,27,30)(H,25,28,31)/t18-/m0/s1. The highest BCUT2D eigenvalue weighted by molar-refractivity contribution is 6.09. The number of aromatic nitrogens is 2. The van der Waals surface area contributed by atoms with Gasteiger partial charge in [-0.2, -0.15) is 0 Å². The van der Waals surface area contributed by atoms with Gasteiger partial charge in [0.1, 0.15) is 11.9 Å². The third-order valence-electron chi connectivity index (χ3n) is 5.29. The van der Waals surface area contributed by atoms with Crippen LogP contribution in [0.25, 0.3) is 10.9 Å². The molecule has 0 saturated heterocycles. The monoisotopic (exact) mass is 433 g/mol. The molecule has 4 N–H and O–H groups in total. The van der Waals surface area contributed by atoms with Crippen molar-refractivity contribution in [1.82, 2.24) is 20.6 Å². The summed E-state index contributed by atoms with van der Waals surface area (Å²) >= 11 is 0. The lowest BCUT2D eigenvalue weighted by molar-refractivity contribution is -0.122. The number of rotatable bonds is 7. The molecule has 2 aromatic carbocycles. The van der Waals surface area contributed by atoms with Gasteiger partial charge in [0.15, 0.2) is 0 Å². The Morgan fingerprint density at radius 2 is 1.81 bits per heavy atom. The Morgan fingerprint density at radius 1 is 1.03 bits per heavy atom. The summed E-state index contributed by atoms with van der Waals surface area (Å²) < 4.78 is 0. The maximum Gasteiger partial charge on any atom is 0.258 e. The Morgan fingerprint density at radius 3 is 2.69 bits per heavy atom. The summed E-state index contributed by atoms with van der Waals surface area (Å²) in [6, 6.07) is 13.2. The molecule has 32 heavy (non-hydrogen) atoms. The highest BCUT2D eigenvalue weighted by Gasteiger charge is 2.27. The minimum Gasteiger partial charge on any atom is -0.356 e. The highest BCUT2D eigenvalue weighted by Crippen LogP contribution is 2.18. The minimum absolute atomic E-state index is 0.170. The van der Waals surface area contributed by atoms with Crippen molar-refractivity contribution in [3.63, 3.8) is 0 Å². The van der Waals surface area contributed by atoms with Crippen molar-refractivity contribution in [2.45, 2.75) is 31.7 Å². The number of carbonyl (C=O) groups is 3. The smallest absolute Gasteiger partial charge is 0.258 e. The van der Waals surface area contributed by atoms with Crippen LogP contribution in [0.2, 0.25) is 0 Å². The molecule has 1 atom stereocenters. The van der Waals surface area contributed by atoms with E-state index in [2.05, 4.69) is 25.9 Å². The summed E-state index contributed by atoms with van der Waals surface area (Å²) in [5.74, 6) is -0.272. The average molecular weight is 433 g/mol. The van der Waals surface area contributed by atoms with Crippen LogP contribution < -0.4 is 21.5 Å². The van der Waals surface area contributed by atoms with E-state index in [0.717, 1.165) is 0 Å². The van der Waals surface area contributed by atoms with Gasteiger partial charge in [-0.3, -0.25) is 19.2 Å². The van der Waals surface area contributed by atoms with E-state index < -0.39 is 6.04 Å². The summed E-state index contributed by atoms with van der Waals surface area (Å²) in [6.07, 6.45) is 1.51. The Kier molecular flexibility index (Phi) is 6.25. The van der Waals surface area contributed by atoms with Crippen LogP contribution in [0.15, 0.2) is 53.3 Å². The predicted octanol–water partition coefficient (Wildman–Crippen LogP) is 1.50. The summed E-state index contributed by atoms with van der Waals surface area (Å²) in [5, 5.41) is 8.74. The van der Waals surface area contributed by atoms with Gasteiger partial charge in [0.05, 0.1) is 22.2 Å². The van der Waals surface area contributed by atoms with Gasteiger partial charge in [-0.25, -0.2) is 4.98 Å². The summed E-state index contributed by atoms with van der Waals surface area (Å²) in [4.78, 5) is 56.1. The number of benzene rings is 2. The molecule has 164 valence electrons. The van der Waals surface area contributed by atoms with Crippen LogP contribution in [0.1, 0.15) is 35.4 Å². The van der Waals surface area contributed by atoms with E-state index in [1.54, 1.807) is 42.5 Å². The fraction of sp³-hybridized carbons (Fsp3) is 0.261. The summed E-state index contributed by atoms with van der Waals surface area (Å²) in [6.45, 7) is 0.249. The molecule has 0 aliphatic carbocycles. The lowest BCUT2D eigenvalue weighted by Crippen LogP contribution is -2.43. The summed E-state index contributed by atoms with van der Waals surface area (Å²) in [5.41, 5.74) is 1.32. The number of aromatic amines is 1. The Balaban J connectivity index is 1.23. The first-order valence-corrected chi connectivity index (χ1v) is 10.5. The van der Waals surface area contributed by atoms with Crippen molar-refractivity contribution in [2.75, 3.05) is 11.9 Å². The number of nitrogens with one attached hydrogen (secondary N) is 4. The molecule has 3 aromatic rings. The normalized spacial score (nSPS) is 15.4. The third-order valence-corrected chi connectivity index (χ3v) is 5.29. The van der Waals surface area contributed by atoms with Crippen molar-refractivity contribution < 1.29 is 14.4 Å². The molecule has 1 aliphatic heterocycles. The fourth-order valence-electron chi connectivity index (χ4n) is 3.63. The number of hydrogen-bond donors (Lipinski definition) is 4. The number of para-hydroxylation sites is 2. The molecule has 0 unspecified atom stereocenters. The second kappa shape index (κ2) is 9.42. The molecular formula is C23H23N5O4. The molecule has 1 aromatic heterocycles. The van der Waals surface area contributed by atoms with Gasteiger partial charge in [0.2, 0.25) is 11.8 Å². The van der Waals surface area contributed by atoms with Crippen LogP contribution >= 0.6 is 0 Å². The predicted molar refractivity (Wildman–Crippen MR) is 119 cm³/mol. The van der Waals surface area contributed by atoms with E-state index in [9.17, 15) is 19.2 Å². The minimum atomic E-state index is -0.734. The first-order valence-electron chi connectivity index (χ1n) is 10.5. The maximum atomic E-state index is 12.4. The topological polar surface area (TPSA) is 133 Å². The maximum absolute atomic E-state index is 12.4. The molecule has 0 radical (unpaired) electrons. The molecule has 3 amide bonds. The zero-order valence-corrected chi connectivity index (χ0v) is 17.3. The van der Waals surface area contributed by atoms with Gasteiger partial charge >= 0.3 is 0 Å². The number of aryl methyl sites for hydroxylation is 1. The van der Waals surface area contributed by atoms with Crippen molar-refractivity contribution in [3.8, 4) is 0 Å². The van der Waals surface area contributed by atoms with Gasteiger partial charge in [0, 0.05) is 19.4 Å². The van der Waals surface area contributed by atoms with Gasteiger partial charge in [-0.05, 0) is 37.1 Å². The SMILES string of the molecule is O=C(CCCc1nc2ccccc2c(=O)[nH]1)NCC[C@@H]1NC(=O)c2ccccc2NC1=O. The van der Waals surface area contributed by atoms with Gasteiger partial charge < -0.3 is 20.9 Å². The first-order chi connectivity index (χ1) is 15.5. The van der Waals surface area contributed by atoms with Gasteiger partial charge in [0.25, 0.3) is 11.5 Å². The molecule has 1 aliphatic rings. The quantitative estimate of drug-likeness (QED) is 0.448. The number of fused-ring (bicyclic) bond motifs is 2. The van der Waals surface area contributed by atoms with Crippen molar-refractivity contribution in [3.05, 3.63) is 70.3 Å². The Labute approximate surface area is 183 Å². The van der Waals surface area contributed by atoms with Crippen molar-refractivity contribution in [1.29, 1.82) is 0 Å². The number of carbonyl (C=O) groups excluding carboxylic acids is 3. The van der Waals surface area contributed by atoms with E-state index in [1.165, 1.54) is 0 Å². The van der Waals surface area contributed by atoms with Crippen molar-refractivity contribution >= 4 is 34.3 Å². The zero-order chi connectivity index (χ0) is 22.5. The van der Waals surface area contributed by atoms with Crippen molar-refractivity contribution in [2.24, 2.45) is 0 Å². The Hall–Kier alpha value is -4.01. The molecule has 2 heterocycles. The molecule has 9 heteroatoms.